The van der Waals surface area contributed by atoms with Gasteiger partial charge in [-0.1, -0.05) is 0 Å². The van der Waals surface area contributed by atoms with Crippen LogP contribution in [0.1, 0.15) is 41.7 Å². The van der Waals surface area contributed by atoms with Crippen LogP contribution in [-0.2, 0) is 4.79 Å². The molecule has 3 rings (SSSR count). The zero-order valence-corrected chi connectivity index (χ0v) is 14.2. The molecule has 2 atom stereocenters. The predicted molar refractivity (Wildman–Crippen MR) is 87.5 cm³/mol. The molecule has 1 aliphatic heterocycles. The molecule has 0 spiro atoms. The second-order valence-electron chi connectivity index (χ2n) is 6.12. The van der Waals surface area contributed by atoms with E-state index in [1.807, 2.05) is 0 Å². The lowest BCUT2D eigenvalue weighted by Gasteiger charge is -2.28. The van der Waals surface area contributed by atoms with Crippen molar-refractivity contribution in [2.75, 3.05) is 6.54 Å². The third-order valence-electron chi connectivity index (χ3n) is 4.08. The molecule has 0 saturated carbocycles. The van der Waals surface area contributed by atoms with Crippen molar-refractivity contribution in [1.29, 1.82) is 0 Å². The highest BCUT2D eigenvalue weighted by molar-refractivity contribution is 5.98. The van der Waals surface area contributed by atoms with Crippen LogP contribution >= 0.6 is 0 Å². The maximum Gasteiger partial charge on any atom is 0.490 e. The van der Waals surface area contributed by atoms with Gasteiger partial charge in [0.05, 0.1) is 11.9 Å². The molecule has 0 aliphatic carbocycles. The van der Waals surface area contributed by atoms with Gasteiger partial charge in [0.2, 0.25) is 0 Å². The number of carboxylic acids is 1. The maximum atomic E-state index is 11.8. The zero-order chi connectivity index (χ0) is 20.4. The fraction of sp³-hybridized carbons (Fsp3) is 0.467. The van der Waals surface area contributed by atoms with Gasteiger partial charge in [-0.15, -0.1) is 0 Å². The van der Waals surface area contributed by atoms with E-state index in [0.29, 0.717) is 11.7 Å². The molecule has 2 aromatic heterocycles. The Morgan fingerprint density at radius 1 is 1.41 bits per heavy atom. The first-order valence-corrected chi connectivity index (χ1v) is 7.95. The molecule has 1 aliphatic rings. The Labute approximate surface area is 150 Å². The van der Waals surface area contributed by atoms with E-state index in [2.05, 4.69) is 22.3 Å². The van der Waals surface area contributed by atoms with Crippen LogP contribution in [0.2, 0.25) is 0 Å². The van der Waals surface area contributed by atoms with Crippen molar-refractivity contribution in [3.05, 3.63) is 33.9 Å². The number of hydrogen-bond donors (Lipinski definition) is 4. The number of amides is 1. The standard InChI is InChI=1S/C13H17N5O2.C2HF3O2/c1-7-4-8(2-3-15-7)10-5-11(19)17-13-9(12(14)20)6-16-18(10)13;3-2(4,5)1(6)7/h5-8,15H,2-4H2,1H3,(H2,14,20)(H,17,19);(H,6,7)/t7-,8+;/m0./s1. The molecule has 0 aromatic carbocycles. The summed E-state index contributed by atoms with van der Waals surface area (Å²) < 4.78 is 33.4. The van der Waals surface area contributed by atoms with Crippen molar-refractivity contribution in [3.8, 4) is 0 Å². The van der Waals surface area contributed by atoms with Crippen molar-refractivity contribution >= 4 is 17.5 Å². The lowest BCUT2D eigenvalue weighted by atomic mass is 9.90. The summed E-state index contributed by atoms with van der Waals surface area (Å²) in [5.74, 6) is -3.10. The Bertz CT molecular complexity index is 905. The largest absolute Gasteiger partial charge is 0.490 e. The molecular formula is C15H18F3N5O4. The topological polar surface area (TPSA) is 143 Å². The van der Waals surface area contributed by atoms with E-state index in [-0.39, 0.29) is 17.0 Å². The highest BCUT2D eigenvalue weighted by atomic mass is 19.4. The fourth-order valence-electron chi connectivity index (χ4n) is 2.88. The first kappa shape index (κ1) is 20.4. The van der Waals surface area contributed by atoms with Crippen LogP contribution in [0.5, 0.6) is 0 Å². The number of carbonyl (C=O) groups excluding carboxylic acids is 1. The van der Waals surface area contributed by atoms with E-state index in [0.717, 1.165) is 25.1 Å². The predicted octanol–water partition coefficient (Wildman–Crippen LogP) is 0.610. The Morgan fingerprint density at radius 3 is 2.56 bits per heavy atom. The van der Waals surface area contributed by atoms with Crippen LogP contribution in [0.25, 0.3) is 5.65 Å². The number of H-pyrrole nitrogens is 1. The molecule has 3 heterocycles. The van der Waals surface area contributed by atoms with E-state index < -0.39 is 18.1 Å². The van der Waals surface area contributed by atoms with Gasteiger partial charge in [0, 0.05) is 18.0 Å². The molecule has 9 nitrogen and oxygen atoms in total. The Hall–Kier alpha value is -2.89. The van der Waals surface area contributed by atoms with Crippen molar-refractivity contribution < 1.29 is 27.9 Å². The molecule has 0 unspecified atom stereocenters. The van der Waals surface area contributed by atoms with Crippen LogP contribution in [0.3, 0.4) is 0 Å². The van der Waals surface area contributed by atoms with Gasteiger partial charge in [-0.05, 0) is 26.3 Å². The third-order valence-corrected chi connectivity index (χ3v) is 4.08. The summed E-state index contributed by atoms with van der Waals surface area (Å²) >= 11 is 0. The molecule has 12 heteroatoms. The fourth-order valence-corrected chi connectivity index (χ4v) is 2.88. The Balaban J connectivity index is 0.000000321. The van der Waals surface area contributed by atoms with Gasteiger partial charge in [0.15, 0.2) is 0 Å². The van der Waals surface area contributed by atoms with E-state index in [1.165, 1.54) is 6.20 Å². The Kier molecular flexibility index (Phi) is 5.88. The van der Waals surface area contributed by atoms with Gasteiger partial charge < -0.3 is 21.1 Å². The molecular weight excluding hydrogens is 371 g/mol. The van der Waals surface area contributed by atoms with Gasteiger partial charge in [0.25, 0.3) is 11.5 Å². The molecule has 148 valence electrons. The van der Waals surface area contributed by atoms with Crippen LogP contribution in [0, 0.1) is 0 Å². The van der Waals surface area contributed by atoms with Gasteiger partial charge in [0.1, 0.15) is 11.2 Å². The summed E-state index contributed by atoms with van der Waals surface area (Å²) in [7, 11) is 0. The molecule has 1 fully saturated rings. The number of aromatic amines is 1. The molecule has 0 bridgehead atoms. The van der Waals surface area contributed by atoms with Crippen molar-refractivity contribution in [2.45, 2.75) is 37.9 Å². The van der Waals surface area contributed by atoms with Crippen molar-refractivity contribution in [2.24, 2.45) is 5.73 Å². The first-order chi connectivity index (χ1) is 12.5. The van der Waals surface area contributed by atoms with Gasteiger partial charge in [-0.3, -0.25) is 9.59 Å². The summed E-state index contributed by atoms with van der Waals surface area (Å²) in [5.41, 5.74) is 6.53. The monoisotopic (exact) mass is 389 g/mol. The SMILES string of the molecule is C[C@H]1C[C@H](c2cc(=O)[nH]c3c(C(N)=O)cnn23)CCN1.O=C(O)C(F)(F)F. The summed E-state index contributed by atoms with van der Waals surface area (Å²) in [6, 6.07) is 1.96. The summed E-state index contributed by atoms with van der Waals surface area (Å²) in [6.45, 7) is 3.03. The number of nitrogens with two attached hydrogens (primary N) is 1. The minimum absolute atomic E-state index is 0.235. The number of nitrogens with one attached hydrogen (secondary N) is 2. The van der Waals surface area contributed by atoms with E-state index >= 15 is 0 Å². The average Bonchev–Trinajstić information content (AvgIpc) is 2.97. The molecule has 5 N–H and O–H groups in total. The number of fused-ring (bicyclic) bond motifs is 1. The number of hydrogen-bond acceptors (Lipinski definition) is 5. The normalized spacial score (nSPS) is 20.0. The molecule has 0 radical (unpaired) electrons. The van der Waals surface area contributed by atoms with Crippen molar-refractivity contribution in [3.63, 3.8) is 0 Å². The van der Waals surface area contributed by atoms with Gasteiger partial charge >= 0.3 is 12.1 Å². The molecule has 1 saturated heterocycles. The van der Waals surface area contributed by atoms with Crippen LogP contribution in [-0.4, -0.2) is 50.3 Å². The number of rotatable bonds is 2. The van der Waals surface area contributed by atoms with Crippen LogP contribution in [0.4, 0.5) is 13.2 Å². The summed E-state index contributed by atoms with van der Waals surface area (Å²) in [4.78, 5) is 34.7. The lowest BCUT2D eigenvalue weighted by molar-refractivity contribution is -0.192. The number of aromatic nitrogens is 3. The van der Waals surface area contributed by atoms with Crippen LogP contribution in [0.15, 0.2) is 17.1 Å². The number of halogens is 3. The molecule has 27 heavy (non-hydrogen) atoms. The number of alkyl halides is 3. The summed E-state index contributed by atoms with van der Waals surface area (Å²) in [6.07, 6.45) is -1.80. The number of carboxylic acid groups (broad SMARTS) is 1. The smallest absolute Gasteiger partial charge is 0.475 e. The average molecular weight is 389 g/mol. The minimum atomic E-state index is -5.08. The van der Waals surface area contributed by atoms with Gasteiger partial charge in [-0.2, -0.15) is 18.3 Å². The second kappa shape index (κ2) is 7.78. The van der Waals surface area contributed by atoms with Crippen LogP contribution < -0.4 is 16.6 Å². The number of aliphatic carboxylic acids is 1. The van der Waals surface area contributed by atoms with E-state index in [4.69, 9.17) is 15.6 Å². The minimum Gasteiger partial charge on any atom is -0.475 e. The quantitative estimate of drug-likeness (QED) is 0.593. The number of carbonyl (C=O) groups is 2. The Morgan fingerprint density at radius 2 is 2.04 bits per heavy atom. The highest BCUT2D eigenvalue weighted by Gasteiger charge is 2.38. The first-order valence-electron chi connectivity index (χ1n) is 7.95. The summed E-state index contributed by atoms with van der Waals surface area (Å²) in [5, 5.41) is 14.7. The number of piperidine rings is 1. The van der Waals surface area contributed by atoms with E-state index in [9.17, 15) is 22.8 Å². The van der Waals surface area contributed by atoms with E-state index in [1.54, 1.807) is 10.6 Å². The third kappa shape index (κ3) is 4.84. The van der Waals surface area contributed by atoms with Crippen molar-refractivity contribution in [1.82, 2.24) is 19.9 Å². The molecule has 1 amide bonds. The van der Waals surface area contributed by atoms with Gasteiger partial charge in [-0.25, -0.2) is 9.31 Å². The molecule has 2 aromatic rings. The zero-order valence-electron chi connectivity index (χ0n) is 14.2. The maximum absolute atomic E-state index is 11.8. The lowest BCUT2D eigenvalue weighted by Crippen LogP contribution is -2.35. The second-order valence-corrected chi connectivity index (χ2v) is 6.12. The highest BCUT2D eigenvalue weighted by Crippen LogP contribution is 2.27. The number of nitrogens with zero attached hydrogens (tertiary/aromatic N) is 2. The number of primary amides is 1.